The second kappa shape index (κ2) is 8.12. The van der Waals surface area contributed by atoms with Gasteiger partial charge in [0.15, 0.2) is 11.7 Å². The molecule has 1 amide bonds. The largest absolute Gasteiger partial charge is 0.441 e. The van der Waals surface area contributed by atoms with Crippen LogP contribution < -0.4 is 0 Å². The van der Waals surface area contributed by atoms with Gasteiger partial charge in [0, 0.05) is 36.5 Å². The number of nitrogens with zero attached hydrogens (tertiary/aromatic N) is 2. The fourth-order valence-electron chi connectivity index (χ4n) is 2.54. The molecule has 0 saturated heterocycles. The Hall–Kier alpha value is -2.40. The van der Waals surface area contributed by atoms with Crippen LogP contribution in [0.25, 0.3) is 11.3 Å². The zero-order valence-electron chi connectivity index (χ0n) is 14.0. The van der Waals surface area contributed by atoms with E-state index in [4.69, 9.17) is 4.42 Å². The highest BCUT2D eigenvalue weighted by Crippen LogP contribution is 2.21. The first kappa shape index (κ1) is 17.4. The standard InChI is InChI=1S/C20H19BrN2O2/c1-23(14-16-9-5-6-10-17(16)21)20(24)12-11-19-22-13-18(25-19)15-7-3-2-4-8-15/h2-10,13H,11-12,14H2,1H3. The van der Waals surface area contributed by atoms with Crippen molar-refractivity contribution < 1.29 is 9.21 Å². The lowest BCUT2D eigenvalue weighted by Gasteiger charge is -2.17. The van der Waals surface area contributed by atoms with Crippen LogP contribution in [0.3, 0.4) is 0 Å². The van der Waals surface area contributed by atoms with E-state index in [2.05, 4.69) is 20.9 Å². The summed E-state index contributed by atoms with van der Waals surface area (Å²) in [6, 6.07) is 17.7. The van der Waals surface area contributed by atoms with E-state index in [1.54, 1.807) is 11.1 Å². The zero-order chi connectivity index (χ0) is 17.6. The molecule has 4 nitrogen and oxygen atoms in total. The van der Waals surface area contributed by atoms with Gasteiger partial charge in [-0.25, -0.2) is 4.98 Å². The average Bonchev–Trinajstić information content (AvgIpc) is 3.11. The number of oxazole rings is 1. The summed E-state index contributed by atoms with van der Waals surface area (Å²) >= 11 is 3.51. The summed E-state index contributed by atoms with van der Waals surface area (Å²) in [4.78, 5) is 18.4. The van der Waals surface area contributed by atoms with Gasteiger partial charge in [-0.05, 0) is 11.6 Å². The van der Waals surface area contributed by atoms with E-state index in [9.17, 15) is 4.79 Å². The van der Waals surface area contributed by atoms with Crippen LogP contribution in [0, 0.1) is 0 Å². The molecule has 3 aromatic rings. The van der Waals surface area contributed by atoms with Crippen LogP contribution in [0.5, 0.6) is 0 Å². The van der Waals surface area contributed by atoms with E-state index in [1.165, 1.54) is 0 Å². The Morgan fingerprint density at radius 1 is 1.12 bits per heavy atom. The lowest BCUT2D eigenvalue weighted by Crippen LogP contribution is -2.26. The molecule has 0 N–H and O–H groups in total. The molecule has 0 bridgehead atoms. The molecule has 2 aromatic carbocycles. The summed E-state index contributed by atoms with van der Waals surface area (Å²) in [5.74, 6) is 1.38. The summed E-state index contributed by atoms with van der Waals surface area (Å²) in [6.07, 6.45) is 2.57. The molecule has 25 heavy (non-hydrogen) atoms. The van der Waals surface area contributed by atoms with E-state index in [-0.39, 0.29) is 5.91 Å². The fraction of sp³-hybridized carbons (Fsp3) is 0.200. The highest BCUT2D eigenvalue weighted by molar-refractivity contribution is 9.10. The zero-order valence-corrected chi connectivity index (χ0v) is 15.6. The van der Waals surface area contributed by atoms with Crippen LogP contribution in [0.15, 0.2) is 69.7 Å². The number of amides is 1. The van der Waals surface area contributed by atoms with Crippen LogP contribution in [0.1, 0.15) is 17.9 Å². The Labute approximate surface area is 155 Å². The SMILES string of the molecule is CN(Cc1ccccc1Br)C(=O)CCc1ncc(-c2ccccc2)o1. The fourth-order valence-corrected chi connectivity index (χ4v) is 2.95. The lowest BCUT2D eigenvalue weighted by atomic mass is 10.2. The van der Waals surface area contributed by atoms with E-state index < -0.39 is 0 Å². The van der Waals surface area contributed by atoms with E-state index in [0.29, 0.717) is 25.3 Å². The van der Waals surface area contributed by atoms with Gasteiger partial charge < -0.3 is 9.32 Å². The minimum Gasteiger partial charge on any atom is -0.441 e. The number of carbonyl (C=O) groups excluding carboxylic acids is 1. The van der Waals surface area contributed by atoms with Crippen LogP contribution in [-0.4, -0.2) is 22.8 Å². The molecular formula is C20H19BrN2O2. The van der Waals surface area contributed by atoms with Gasteiger partial charge in [0.05, 0.1) is 6.20 Å². The molecule has 0 aliphatic heterocycles. The lowest BCUT2D eigenvalue weighted by molar-refractivity contribution is -0.130. The van der Waals surface area contributed by atoms with Crippen molar-refractivity contribution in [2.24, 2.45) is 0 Å². The van der Waals surface area contributed by atoms with Gasteiger partial charge >= 0.3 is 0 Å². The van der Waals surface area contributed by atoms with E-state index in [1.807, 2.05) is 61.6 Å². The highest BCUT2D eigenvalue weighted by Gasteiger charge is 2.13. The molecule has 0 aliphatic rings. The molecule has 0 radical (unpaired) electrons. The number of hydrogen-bond donors (Lipinski definition) is 0. The Balaban J connectivity index is 1.55. The first-order valence-corrected chi connectivity index (χ1v) is 8.90. The quantitative estimate of drug-likeness (QED) is 0.604. The minimum atomic E-state index is 0.0650. The number of halogens is 1. The topological polar surface area (TPSA) is 46.3 Å². The van der Waals surface area contributed by atoms with Gasteiger partial charge in [-0.1, -0.05) is 64.5 Å². The van der Waals surface area contributed by atoms with Crippen LogP contribution >= 0.6 is 15.9 Å². The molecule has 0 aliphatic carbocycles. The summed E-state index contributed by atoms with van der Waals surface area (Å²) in [7, 11) is 1.81. The van der Waals surface area contributed by atoms with Crippen molar-refractivity contribution in [2.45, 2.75) is 19.4 Å². The van der Waals surface area contributed by atoms with Crippen molar-refractivity contribution in [2.75, 3.05) is 7.05 Å². The predicted octanol–water partition coefficient (Wildman–Crippen LogP) is 4.70. The Morgan fingerprint density at radius 2 is 1.84 bits per heavy atom. The van der Waals surface area contributed by atoms with Gasteiger partial charge in [-0.2, -0.15) is 0 Å². The molecule has 0 spiro atoms. The molecule has 1 heterocycles. The number of aryl methyl sites for hydroxylation is 1. The molecule has 0 atom stereocenters. The van der Waals surface area contributed by atoms with Crippen LogP contribution in [0.2, 0.25) is 0 Å². The van der Waals surface area contributed by atoms with E-state index >= 15 is 0 Å². The third-order valence-electron chi connectivity index (χ3n) is 3.96. The molecule has 1 aromatic heterocycles. The number of aromatic nitrogens is 1. The number of carbonyl (C=O) groups is 1. The summed E-state index contributed by atoms with van der Waals surface area (Å²) in [5.41, 5.74) is 2.07. The first-order valence-electron chi connectivity index (χ1n) is 8.11. The van der Waals surface area contributed by atoms with Crippen molar-refractivity contribution >= 4 is 21.8 Å². The second-order valence-electron chi connectivity index (χ2n) is 5.83. The van der Waals surface area contributed by atoms with Crippen LogP contribution in [-0.2, 0) is 17.8 Å². The van der Waals surface area contributed by atoms with Crippen molar-refractivity contribution in [3.63, 3.8) is 0 Å². The Bertz CT molecular complexity index is 846. The number of rotatable bonds is 6. The average molecular weight is 399 g/mol. The molecule has 3 rings (SSSR count). The molecule has 5 heteroatoms. The molecular weight excluding hydrogens is 380 g/mol. The Kier molecular flexibility index (Phi) is 5.66. The molecule has 128 valence electrons. The molecule has 0 unspecified atom stereocenters. The molecule has 0 saturated carbocycles. The highest BCUT2D eigenvalue weighted by atomic mass is 79.9. The van der Waals surface area contributed by atoms with Gasteiger partial charge in [-0.15, -0.1) is 0 Å². The minimum absolute atomic E-state index is 0.0650. The van der Waals surface area contributed by atoms with Crippen LogP contribution in [0.4, 0.5) is 0 Å². The second-order valence-corrected chi connectivity index (χ2v) is 6.68. The predicted molar refractivity (Wildman–Crippen MR) is 101 cm³/mol. The molecule has 0 fully saturated rings. The third-order valence-corrected chi connectivity index (χ3v) is 4.73. The van der Waals surface area contributed by atoms with Crippen molar-refractivity contribution in [3.05, 3.63) is 76.7 Å². The van der Waals surface area contributed by atoms with Gasteiger partial charge in [-0.3, -0.25) is 4.79 Å². The monoisotopic (exact) mass is 398 g/mol. The maximum absolute atomic E-state index is 12.3. The summed E-state index contributed by atoms with van der Waals surface area (Å²) in [5, 5.41) is 0. The number of hydrogen-bond acceptors (Lipinski definition) is 3. The summed E-state index contributed by atoms with van der Waals surface area (Å²) < 4.78 is 6.76. The van der Waals surface area contributed by atoms with E-state index in [0.717, 1.165) is 21.4 Å². The van der Waals surface area contributed by atoms with Crippen molar-refractivity contribution in [1.29, 1.82) is 0 Å². The van der Waals surface area contributed by atoms with Crippen molar-refractivity contribution in [1.82, 2.24) is 9.88 Å². The van der Waals surface area contributed by atoms with Gasteiger partial charge in [0.1, 0.15) is 0 Å². The number of benzene rings is 2. The first-order chi connectivity index (χ1) is 12.1. The third kappa shape index (κ3) is 4.57. The van der Waals surface area contributed by atoms with Gasteiger partial charge in [0.2, 0.25) is 5.91 Å². The maximum atomic E-state index is 12.3. The Morgan fingerprint density at radius 3 is 2.60 bits per heavy atom. The van der Waals surface area contributed by atoms with Gasteiger partial charge in [0.25, 0.3) is 0 Å². The maximum Gasteiger partial charge on any atom is 0.223 e. The summed E-state index contributed by atoms with van der Waals surface area (Å²) in [6.45, 7) is 0.571. The smallest absolute Gasteiger partial charge is 0.223 e. The van der Waals surface area contributed by atoms with Crippen molar-refractivity contribution in [3.8, 4) is 11.3 Å². The normalized spacial score (nSPS) is 10.6.